The first-order chi connectivity index (χ1) is 19.3. The van der Waals surface area contributed by atoms with Crippen molar-refractivity contribution < 1.29 is 23.4 Å². The van der Waals surface area contributed by atoms with Crippen LogP contribution >= 0.6 is 23.2 Å². The average Bonchev–Trinajstić information content (AvgIpc) is 2.91. The lowest BCUT2D eigenvalue weighted by Gasteiger charge is -2.29. The second-order valence-electron chi connectivity index (χ2n) is 10.7. The Hall–Kier alpha value is -2.53. The van der Waals surface area contributed by atoms with E-state index < -0.39 is 22.1 Å². The molecule has 1 aromatic heterocycles. The van der Waals surface area contributed by atoms with Gasteiger partial charge >= 0.3 is 5.97 Å². The first kappa shape index (κ1) is 33.0. The summed E-state index contributed by atoms with van der Waals surface area (Å²) in [6, 6.07) is 16.7. The number of pyridine rings is 1. The van der Waals surface area contributed by atoms with Gasteiger partial charge in [0.15, 0.2) is 0 Å². The highest BCUT2D eigenvalue weighted by Crippen LogP contribution is 2.36. The smallest absolute Gasteiger partial charge is 0.303 e. The Morgan fingerprint density at radius 1 is 1.05 bits per heavy atom. The van der Waals surface area contributed by atoms with Crippen molar-refractivity contribution in [3.8, 4) is 11.1 Å². The van der Waals surface area contributed by atoms with Crippen molar-refractivity contribution >= 4 is 39.2 Å². The Labute approximate surface area is 252 Å². The number of carboxylic acid groups (broad SMARTS) is 1. The molecule has 0 saturated carbocycles. The molecule has 3 rings (SSSR count). The van der Waals surface area contributed by atoms with Gasteiger partial charge in [0.25, 0.3) is 0 Å². The number of carbonyl (C=O) groups is 1. The van der Waals surface area contributed by atoms with E-state index in [4.69, 9.17) is 28.3 Å². The summed E-state index contributed by atoms with van der Waals surface area (Å²) >= 11 is 12.9. The molecule has 0 saturated heterocycles. The van der Waals surface area contributed by atoms with Crippen molar-refractivity contribution in [1.82, 2.24) is 14.6 Å². The summed E-state index contributed by atoms with van der Waals surface area (Å²) < 4.78 is 27.8. The van der Waals surface area contributed by atoms with E-state index in [1.165, 1.54) is 24.7 Å². The maximum Gasteiger partial charge on any atom is 0.303 e. The molecule has 8 nitrogen and oxygen atoms in total. The molecule has 0 fully saturated rings. The first-order valence-electron chi connectivity index (χ1n) is 13.4. The van der Waals surface area contributed by atoms with Gasteiger partial charge in [0.2, 0.25) is 10.0 Å². The number of hydrogen-bond donors (Lipinski definition) is 3. The molecule has 0 radical (unpaired) electrons. The fourth-order valence-electron chi connectivity index (χ4n) is 4.43. The summed E-state index contributed by atoms with van der Waals surface area (Å²) in [5.41, 5.74) is 2.88. The number of sulfonamides is 1. The Bertz CT molecular complexity index is 1390. The van der Waals surface area contributed by atoms with E-state index in [0.717, 1.165) is 23.6 Å². The topological polar surface area (TPSA) is 120 Å². The molecule has 0 bridgehead atoms. The van der Waals surface area contributed by atoms with Crippen LogP contribution in [-0.2, 0) is 27.7 Å². The van der Waals surface area contributed by atoms with Gasteiger partial charge in [-0.2, -0.15) is 4.31 Å². The molecule has 1 heterocycles. The van der Waals surface area contributed by atoms with Gasteiger partial charge in [-0.25, -0.2) is 8.42 Å². The van der Waals surface area contributed by atoms with Gasteiger partial charge in [-0.1, -0.05) is 59.6 Å². The van der Waals surface area contributed by atoms with Crippen LogP contribution in [0.5, 0.6) is 0 Å². The monoisotopic (exact) mass is 621 g/mol. The van der Waals surface area contributed by atoms with E-state index in [2.05, 4.69) is 36.3 Å². The highest BCUT2D eigenvalue weighted by molar-refractivity contribution is 7.89. The Morgan fingerprint density at radius 3 is 2.29 bits per heavy atom. The van der Waals surface area contributed by atoms with Crippen LogP contribution in [0, 0.1) is 0 Å². The molecule has 1 unspecified atom stereocenters. The molecule has 2 aromatic carbocycles. The summed E-state index contributed by atoms with van der Waals surface area (Å²) in [5.74, 6) is -0.904. The van der Waals surface area contributed by atoms with E-state index in [1.54, 1.807) is 18.3 Å². The van der Waals surface area contributed by atoms with Crippen molar-refractivity contribution in [2.45, 2.75) is 62.5 Å². The molecule has 0 aliphatic carbocycles. The van der Waals surface area contributed by atoms with Gasteiger partial charge in [0.1, 0.15) is 4.90 Å². The van der Waals surface area contributed by atoms with E-state index in [0.29, 0.717) is 23.2 Å². The maximum atomic E-state index is 13.4. The van der Waals surface area contributed by atoms with Crippen LogP contribution in [0.25, 0.3) is 11.1 Å². The highest BCUT2D eigenvalue weighted by Gasteiger charge is 2.29. The van der Waals surface area contributed by atoms with E-state index in [1.807, 2.05) is 18.2 Å². The molecule has 1 atom stereocenters. The zero-order chi connectivity index (χ0) is 30.2. The number of halogens is 2. The van der Waals surface area contributed by atoms with Crippen LogP contribution in [0.4, 0.5) is 0 Å². The summed E-state index contributed by atoms with van der Waals surface area (Å²) in [6.45, 7) is 4.19. The lowest BCUT2D eigenvalue weighted by molar-refractivity contribution is -0.136. The minimum atomic E-state index is -4.10. The van der Waals surface area contributed by atoms with Gasteiger partial charge in [0.05, 0.1) is 22.6 Å². The highest BCUT2D eigenvalue weighted by atomic mass is 35.5. The lowest BCUT2D eigenvalue weighted by Crippen LogP contribution is -2.46. The number of nitrogens with zero attached hydrogens (tertiary/aromatic N) is 2. The average molecular weight is 623 g/mol. The summed E-state index contributed by atoms with van der Waals surface area (Å²) in [4.78, 5) is 14.8. The number of β-amino-alcohol motifs (C(OH)–C–C–N with tert-alkyl or cyclic N) is 1. The van der Waals surface area contributed by atoms with Gasteiger partial charge < -0.3 is 15.5 Å². The first-order valence-corrected chi connectivity index (χ1v) is 15.6. The molecule has 3 aromatic rings. The second-order valence-corrected chi connectivity index (χ2v) is 13.5. The molecule has 11 heteroatoms. The van der Waals surface area contributed by atoms with Gasteiger partial charge in [-0.3, -0.25) is 9.78 Å². The van der Waals surface area contributed by atoms with E-state index in [9.17, 15) is 18.3 Å². The quantitative estimate of drug-likeness (QED) is 0.206. The maximum absolute atomic E-state index is 13.4. The minimum absolute atomic E-state index is 0.0264. The zero-order valence-corrected chi connectivity index (χ0v) is 25.8. The number of aryl methyl sites for hydroxylation is 2. The standard InChI is InChI=1S/C30H37Cl2N3O5S/c1-30(2,15-7-10-21-8-5-4-6-9-21)34-19-25(36)20-35(3)41(39,40)29-26(31)16-23(17-27(29)32)22-11-12-24(33-18-22)13-14-28(37)38/h4-6,8-9,11-12,16-18,25,34,36H,7,10,13-15,19-20H2,1-3H3,(H,37,38). The number of rotatable bonds is 15. The molecule has 0 amide bonds. The van der Waals surface area contributed by atoms with Crippen LogP contribution in [0.1, 0.15) is 44.4 Å². The number of nitrogens with one attached hydrogen (secondary N) is 1. The molecule has 0 aliphatic heterocycles. The summed E-state index contributed by atoms with van der Waals surface area (Å²) in [5, 5.41) is 22.7. The molecular formula is C30H37Cl2N3O5S. The fourth-order valence-corrected chi connectivity index (χ4v) is 6.79. The summed E-state index contributed by atoms with van der Waals surface area (Å²) in [6.07, 6.45) is 3.71. The van der Waals surface area contributed by atoms with Crippen LogP contribution in [0.3, 0.4) is 0 Å². The third-order valence-electron chi connectivity index (χ3n) is 6.81. The van der Waals surface area contributed by atoms with E-state index in [-0.39, 0.29) is 40.0 Å². The Morgan fingerprint density at radius 2 is 1.71 bits per heavy atom. The summed E-state index contributed by atoms with van der Waals surface area (Å²) in [7, 11) is -2.73. The number of aliphatic hydroxyl groups excluding tert-OH is 1. The third kappa shape index (κ3) is 9.77. The van der Waals surface area contributed by atoms with Crippen molar-refractivity contribution in [3.63, 3.8) is 0 Å². The Balaban J connectivity index is 1.60. The predicted octanol–water partition coefficient (Wildman–Crippen LogP) is 5.45. The van der Waals surface area contributed by atoms with Gasteiger partial charge in [-0.15, -0.1) is 0 Å². The number of hydrogen-bond acceptors (Lipinski definition) is 6. The molecule has 3 N–H and O–H groups in total. The Kier molecular flexibility index (Phi) is 11.7. The van der Waals surface area contributed by atoms with Crippen molar-refractivity contribution in [2.24, 2.45) is 0 Å². The molecule has 0 spiro atoms. The third-order valence-corrected chi connectivity index (χ3v) is 9.56. The number of carboxylic acids is 1. The van der Waals surface area contributed by atoms with Gasteiger partial charge in [-0.05, 0) is 62.4 Å². The number of aliphatic hydroxyl groups is 1. The van der Waals surface area contributed by atoms with Crippen LogP contribution in [0.2, 0.25) is 10.0 Å². The molecular weight excluding hydrogens is 585 g/mol. The van der Waals surface area contributed by atoms with Gasteiger partial charge in [0, 0.05) is 49.6 Å². The molecule has 222 valence electrons. The van der Waals surface area contributed by atoms with Crippen molar-refractivity contribution in [3.05, 3.63) is 82.1 Å². The molecule has 0 aliphatic rings. The minimum Gasteiger partial charge on any atom is -0.481 e. The normalized spacial score (nSPS) is 13.0. The number of likely N-dealkylation sites (N-methyl/N-ethyl adjacent to an activating group) is 1. The zero-order valence-electron chi connectivity index (χ0n) is 23.5. The van der Waals surface area contributed by atoms with Crippen LogP contribution < -0.4 is 5.32 Å². The number of benzene rings is 2. The van der Waals surface area contributed by atoms with Crippen LogP contribution in [0.15, 0.2) is 65.7 Å². The predicted molar refractivity (Wildman–Crippen MR) is 163 cm³/mol. The van der Waals surface area contributed by atoms with Crippen LogP contribution in [-0.4, -0.2) is 65.7 Å². The fraction of sp³-hybridized carbons (Fsp3) is 0.400. The van der Waals surface area contributed by atoms with E-state index >= 15 is 0 Å². The molecule has 41 heavy (non-hydrogen) atoms. The number of aliphatic carboxylic acids is 1. The number of aromatic nitrogens is 1. The lowest BCUT2D eigenvalue weighted by atomic mass is 9.95. The SMILES string of the molecule is CN(CC(O)CNC(C)(C)CCCc1ccccc1)S(=O)(=O)c1c(Cl)cc(-c2ccc(CCC(=O)O)nc2)cc1Cl. The second kappa shape index (κ2) is 14.6. The largest absolute Gasteiger partial charge is 0.481 e. The van der Waals surface area contributed by atoms with Crippen molar-refractivity contribution in [2.75, 3.05) is 20.1 Å². The van der Waals surface area contributed by atoms with Crippen molar-refractivity contribution in [1.29, 1.82) is 0 Å².